The molecule has 2 aromatic heterocycles. The van der Waals surface area contributed by atoms with Crippen LogP contribution in [0, 0.1) is 22.7 Å². The van der Waals surface area contributed by atoms with Crippen LogP contribution in [0.1, 0.15) is 48.9 Å². The highest BCUT2D eigenvalue weighted by Gasteiger charge is 2.26. The van der Waals surface area contributed by atoms with Crippen LogP contribution in [0.5, 0.6) is 0 Å². The maximum absolute atomic E-state index is 14.2. The van der Waals surface area contributed by atoms with Crippen molar-refractivity contribution < 1.29 is 4.42 Å². The molecule has 0 atom stereocenters. The van der Waals surface area contributed by atoms with E-state index < -0.39 is 11.1 Å². The number of fused-ring (bicyclic) bond motifs is 2. The molecule has 4 aromatic carbocycles. The first kappa shape index (κ1) is 23.2. The minimum atomic E-state index is -0.532. The molecule has 6 nitrogen and oxygen atoms in total. The molecule has 0 aliphatic heterocycles. The SMILES string of the molecule is C=C(C)c1cccc(C(C)C)c1-n1c(=O)c2cc(C#N)c3oc4ccccc4c4c(C#N)cc(c1=O)c2c34. The summed E-state index contributed by atoms with van der Waals surface area (Å²) in [7, 11) is 0. The molecular formula is C32H21N3O3. The Balaban J connectivity index is 1.96. The van der Waals surface area contributed by atoms with E-state index >= 15 is 0 Å². The van der Waals surface area contributed by atoms with Gasteiger partial charge in [-0.3, -0.25) is 9.59 Å². The molecule has 38 heavy (non-hydrogen) atoms. The summed E-state index contributed by atoms with van der Waals surface area (Å²) in [5, 5.41) is 22.7. The summed E-state index contributed by atoms with van der Waals surface area (Å²) in [5.74, 6) is 0.0101. The average Bonchev–Trinajstić information content (AvgIpc) is 2.92. The van der Waals surface area contributed by atoms with E-state index in [0.717, 1.165) is 5.56 Å². The Labute approximate surface area is 217 Å². The van der Waals surface area contributed by atoms with Crippen molar-refractivity contribution in [1.82, 2.24) is 4.57 Å². The molecule has 0 unspecified atom stereocenters. The number of rotatable bonds is 3. The zero-order chi connectivity index (χ0) is 26.9. The minimum Gasteiger partial charge on any atom is -0.455 e. The van der Waals surface area contributed by atoms with E-state index in [4.69, 9.17) is 4.42 Å². The summed E-state index contributed by atoms with van der Waals surface area (Å²) in [6.45, 7) is 9.90. The Morgan fingerprint density at radius 2 is 1.53 bits per heavy atom. The quantitative estimate of drug-likeness (QED) is 0.200. The molecule has 0 saturated heterocycles. The van der Waals surface area contributed by atoms with Gasteiger partial charge in [0.15, 0.2) is 5.58 Å². The van der Waals surface area contributed by atoms with Crippen LogP contribution in [-0.2, 0) is 0 Å². The lowest BCUT2D eigenvalue weighted by atomic mass is 9.90. The Morgan fingerprint density at radius 1 is 0.868 bits per heavy atom. The van der Waals surface area contributed by atoms with Gasteiger partial charge in [0.2, 0.25) is 0 Å². The van der Waals surface area contributed by atoms with Crippen molar-refractivity contribution in [1.29, 1.82) is 10.5 Å². The first-order valence-electron chi connectivity index (χ1n) is 12.2. The fourth-order valence-electron chi connectivity index (χ4n) is 5.53. The highest BCUT2D eigenvalue weighted by molar-refractivity contribution is 6.28. The zero-order valence-electron chi connectivity index (χ0n) is 21.0. The van der Waals surface area contributed by atoms with Gasteiger partial charge in [-0.25, -0.2) is 4.57 Å². The fourth-order valence-corrected chi connectivity index (χ4v) is 5.53. The van der Waals surface area contributed by atoms with E-state index in [9.17, 15) is 20.1 Å². The zero-order valence-corrected chi connectivity index (χ0v) is 21.0. The van der Waals surface area contributed by atoms with Crippen molar-refractivity contribution in [3.63, 3.8) is 0 Å². The molecular weight excluding hydrogens is 474 g/mol. The van der Waals surface area contributed by atoms with Crippen LogP contribution < -0.4 is 11.1 Å². The summed E-state index contributed by atoms with van der Waals surface area (Å²) in [5.41, 5.74) is 2.80. The lowest BCUT2D eigenvalue weighted by Gasteiger charge is -2.20. The van der Waals surface area contributed by atoms with Crippen molar-refractivity contribution in [2.45, 2.75) is 26.7 Å². The Kier molecular flexibility index (Phi) is 4.99. The monoisotopic (exact) mass is 495 g/mol. The van der Waals surface area contributed by atoms with Gasteiger partial charge in [-0.15, -0.1) is 0 Å². The second-order valence-electron chi connectivity index (χ2n) is 9.84. The highest BCUT2D eigenvalue weighted by atomic mass is 16.3. The van der Waals surface area contributed by atoms with Crippen LogP contribution in [0.2, 0.25) is 0 Å². The molecule has 0 amide bonds. The van der Waals surface area contributed by atoms with Gasteiger partial charge in [0.25, 0.3) is 11.1 Å². The van der Waals surface area contributed by atoms with Crippen LogP contribution in [0.25, 0.3) is 54.7 Å². The number of aromatic nitrogens is 1. The Bertz CT molecular complexity index is 2170. The third-order valence-electron chi connectivity index (χ3n) is 7.21. The van der Waals surface area contributed by atoms with Gasteiger partial charge in [-0.2, -0.15) is 10.5 Å². The summed E-state index contributed by atoms with van der Waals surface area (Å²) in [6, 6.07) is 20.3. The van der Waals surface area contributed by atoms with Crippen LogP contribution in [0.15, 0.2) is 75.2 Å². The topological polar surface area (TPSA) is 99.8 Å². The maximum Gasteiger partial charge on any atom is 0.266 e. The Hall–Kier alpha value is -5.20. The average molecular weight is 496 g/mol. The number of hydrogen-bond donors (Lipinski definition) is 0. The fraction of sp³-hybridized carbons (Fsp3) is 0.125. The lowest BCUT2D eigenvalue weighted by molar-refractivity contribution is 0.661. The normalized spacial score (nSPS) is 11.5. The molecule has 6 heteroatoms. The van der Waals surface area contributed by atoms with Gasteiger partial charge < -0.3 is 4.42 Å². The molecule has 6 rings (SSSR count). The van der Waals surface area contributed by atoms with E-state index in [1.165, 1.54) is 10.6 Å². The standard InChI is InChI=1S/C32H21N3O3/c1-16(2)20-9-7-10-21(17(3)4)29(20)35-31(36)23-12-18(14-33)26-22-8-5-6-11-25(22)38-30-19(15-34)13-24(32(35)37)27(23)28(26)30/h5-13,17H,1H2,2-4H3. The number of benzene rings is 4. The molecule has 0 saturated carbocycles. The van der Waals surface area contributed by atoms with Crippen molar-refractivity contribution in [2.75, 3.05) is 0 Å². The molecule has 0 N–H and O–H groups in total. The molecule has 2 heterocycles. The van der Waals surface area contributed by atoms with Crippen LogP contribution >= 0.6 is 0 Å². The molecule has 0 aliphatic rings. The lowest BCUT2D eigenvalue weighted by Crippen LogP contribution is -2.33. The number of pyridine rings is 1. The molecule has 0 aliphatic carbocycles. The largest absolute Gasteiger partial charge is 0.455 e. The molecule has 0 fully saturated rings. The predicted molar refractivity (Wildman–Crippen MR) is 150 cm³/mol. The van der Waals surface area contributed by atoms with E-state index in [1.807, 2.05) is 51.1 Å². The van der Waals surface area contributed by atoms with Gasteiger partial charge in [-0.1, -0.05) is 56.8 Å². The first-order chi connectivity index (χ1) is 18.3. The van der Waals surface area contributed by atoms with Crippen LogP contribution in [0.4, 0.5) is 0 Å². The van der Waals surface area contributed by atoms with Crippen LogP contribution in [0.3, 0.4) is 0 Å². The molecule has 6 aromatic rings. The van der Waals surface area contributed by atoms with Gasteiger partial charge in [0.05, 0.1) is 33.7 Å². The summed E-state index contributed by atoms with van der Waals surface area (Å²) in [6.07, 6.45) is 0. The van der Waals surface area contributed by atoms with Gasteiger partial charge in [0, 0.05) is 27.1 Å². The second kappa shape index (κ2) is 8.16. The van der Waals surface area contributed by atoms with Gasteiger partial charge in [0.1, 0.15) is 11.7 Å². The number of allylic oxidation sites excluding steroid dienone is 1. The smallest absolute Gasteiger partial charge is 0.266 e. The molecule has 0 radical (unpaired) electrons. The van der Waals surface area contributed by atoms with Crippen LogP contribution in [-0.4, -0.2) is 4.57 Å². The summed E-state index contributed by atoms with van der Waals surface area (Å²) < 4.78 is 7.33. The number of nitrogens with zero attached hydrogens (tertiary/aromatic N) is 3. The summed E-state index contributed by atoms with van der Waals surface area (Å²) >= 11 is 0. The molecule has 182 valence electrons. The van der Waals surface area contributed by atoms with E-state index in [0.29, 0.717) is 44.0 Å². The van der Waals surface area contributed by atoms with Crippen molar-refractivity contribution in [3.05, 3.63) is 104 Å². The van der Waals surface area contributed by atoms with E-state index in [2.05, 4.69) is 18.7 Å². The third kappa shape index (κ3) is 2.98. The molecule has 0 bridgehead atoms. The van der Waals surface area contributed by atoms with E-state index in [-0.39, 0.29) is 33.4 Å². The number of nitriles is 2. The molecule has 0 spiro atoms. The highest BCUT2D eigenvalue weighted by Crippen LogP contribution is 2.40. The third-order valence-corrected chi connectivity index (χ3v) is 7.21. The first-order valence-corrected chi connectivity index (χ1v) is 12.2. The number of hydrogen-bond acceptors (Lipinski definition) is 5. The maximum atomic E-state index is 14.2. The van der Waals surface area contributed by atoms with Crippen molar-refractivity contribution >= 4 is 49.1 Å². The summed E-state index contributed by atoms with van der Waals surface area (Å²) in [4.78, 5) is 28.4. The Morgan fingerprint density at radius 3 is 2.16 bits per heavy atom. The van der Waals surface area contributed by atoms with Crippen molar-refractivity contribution in [3.8, 4) is 17.8 Å². The second-order valence-corrected chi connectivity index (χ2v) is 9.84. The van der Waals surface area contributed by atoms with Crippen molar-refractivity contribution in [2.24, 2.45) is 0 Å². The predicted octanol–water partition coefficient (Wildman–Crippen LogP) is 6.74. The van der Waals surface area contributed by atoms with E-state index in [1.54, 1.807) is 18.2 Å². The number of para-hydroxylation sites is 2. The minimum absolute atomic E-state index is 0.0101. The van der Waals surface area contributed by atoms with Gasteiger partial charge >= 0.3 is 0 Å². The van der Waals surface area contributed by atoms with Gasteiger partial charge in [-0.05, 0) is 42.2 Å².